The monoisotopic (exact) mass is 154 g/mol. The molecule has 0 aromatic heterocycles. The van der Waals surface area contributed by atoms with Crippen LogP contribution in [0.15, 0.2) is 0 Å². The minimum absolute atomic E-state index is 1.40. The van der Waals surface area contributed by atoms with Crippen molar-refractivity contribution < 1.29 is 27.9 Å². The fourth-order valence-corrected chi connectivity index (χ4v) is 0.151. The first kappa shape index (κ1) is 8.64. The van der Waals surface area contributed by atoms with E-state index in [9.17, 15) is 18.0 Å². The van der Waals surface area contributed by atoms with E-state index in [0.717, 1.165) is 0 Å². The highest BCUT2D eigenvalue weighted by molar-refractivity contribution is 6.00. The minimum Gasteiger partial charge on any atom is -0.476 e. The average molecular weight is 154 g/mol. The van der Waals surface area contributed by atoms with Crippen molar-refractivity contribution in [3.05, 3.63) is 5.53 Å². The number of carbonyl (C=O) groups is 1. The number of rotatable bonds is 2. The van der Waals surface area contributed by atoms with Gasteiger partial charge >= 0.3 is 17.9 Å². The maximum atomic E-state index is 11.7. The molecule has 0 amide bonds. The molecule has 4 nitrogen and oxygen atoms in total. The number of alkyl halides is 2. The summed E-state index contributed by atoms with van der Waals surface area (Å²) in [6, 6.07) is 0. The molecule has 0 aliphatic rings. The van der Waals surface area contributed by atoms with E-state index in [-0.39, 0.29) is 0 Å². The van der Waals surface area contributed by atoms with Gasteiger partial charge in [-0.3, -0.25) is 0 Å². The van der Waals surface area contributed by atoms with E-state index in [2.05, 4.69) is 0 Å². The third-order valence-corrected chi connectivity index (χ3v) is 0.615. The molecule has 0 unspecified atom stereocenters. The molecule has 0 saturated carbocycles. The zero-order chi connectivity index (χ0) is 8.36. The summed E-state index contributed by atoms with van der Waals surface area (Å²) in [6.45, 7) is 0. The second-order valence-corrected chi connectivity index (χ2v) is 1.27. The number of carboxylic acid groups (broad SMARTS) is 1. The molecule has 0 atom stereocenters. The Morgan fingerprint density at radius 2 is 2.00 bits per heavy atom. The van der Waals surface area contributed by atoms with Crippen molar-refractivity contribution in [3.63, 3.8) is 0 Å². The number of hydrogen-bond acceptors (Lipinski definition) is 1. The molecule has 0 bridgehead atoms. The maximum Gasteiger partial charge on any atom is 0.525 e. The SMILES string of the molecule is [N-]=[N+]=C(F)C(F)(F)C(=O)O. The van der Waals surface area contributed by atoms with Crippen LogP contribution < -0.4 is 0 Å². The summed E-state index contributed by atoms with van der Waals surface area (Å²) in [5, 5.41) is 7.56. The largest absolute Gasteiger partial charge is 0.525 e. The highest BCUT2D eigenvalue weighted by atomic mass is 19.3. The van der Waals surface area contributed by atoms with Crippen LogP contribution >= 0.6 is 0 Å². The Morgan fingerprint density at radius 3 is 2.10 bits per heavy atom. The molecule has 0 aliphatic carbocycles. The lowest BCUT2D eigenvalue weighted by Crippen LogP contribution is -2.35. The Kier molecular flexibility index (Phi) is 2.15. The Balaban J connectivity index is 4.74. The van der Waals surface area contributed by atoms with Crippen molar-refractivity contribution in [2.45, 2.75) is 5.92 Å². The molecule has 10 heavy (non-hydrogen) atoms. The normalized spacial score (nSPS) is 10.3. The number of carboxylic acids is 1. The van der Waals surface area contributed by atoms with Gasteiger partial charge in [0.25, 0.3) is 0 Å². The van der Waals surface area contributed by atoms with E-state index in [1.165, 1.54) is 4.79 Å². The molecule has 0 spiro atoms. The van der Waals surface area contributed by atoms with E-state index in [0.29, 0.717) is 0 Å². The minimum atomic E-state index is -4.74. The van der Waals surface area contributed by atoms with Crippen molar-refractivity contribution in [1.29, 1.82) is 0 Å². The molecular weight excluding hydrogens is 153 g/mol. The van der Waals surface area contributed by atoms with Gasteiger partial charge in [-0.25, -0.2) is 4.79 Å². The van der Waals surface area contributed by atoms with Crippen LogP contribution in [-0.4, -0.2) is 27.8 Å². The molecule has 56 valence electrons. The molecule has 0 aromatic carbocycles. The zero-order valence-electron chi connectivity index (χ0n) is 4.38. The Morgan fingerprint density at radius 1 is 1.60 bits per heavy atom. The number of halogens is 3. The molecular formula is C3HF3N2O2. The van der Waals surface area contributed by atoms with Gasteiger partial charge in [-0.15, -0.1) is 9.18 Å². The van der Waals surface area contributed by atoms with Crippen LogP contribution in [0.3, 0.4) is 0 Å². The molecule has 0 aromatic rings. The maximum absolute atomic E-state index is 11.7. The predicted octanol–water partition coefficient (Wildman–Crippen LogP) is 0.304. The highest BCUT2D eigenvalue weighted by Crippen LogP contribution is 2.14. The molecule has 0 radical (unpaired) electrons. The van der Waals surface area contributed by atoms with Crippen molar-refractivity contribution in [2.24, 2.45) is 0 Å². The molecule has 0 saturated heterocycles. The molecule has 0 aliphatic heterocycles. The van der Waals surface area contributed by atoms with Gasteiger partial charge < -0.3 is 10.6 Å². The molecule has 0 rings (SSSR count). The number of nitrogens with zero attached hydrogens (tertiary/aromatic N) is 2. The Hall–Kier alpha value is -1.36. The van der Waals surface area contributed by atoms with E-state index >= 15 is 0 Å². The van der Waals surface area contributed by atoms with Gasteiger partial charge in [0.15, 0.2) is 0 Å². The summed E-state index contributed by atoms with van der Waals surface area (Å²) in [6.07, 6.45) is 0. The van der Waals surface area contributed by atoms with Crippen LogP contribution in [0.5, 0.6) is 0 Å². The molecule has 0 heterocycles. The van der Waals surface area contributed by atoms with Gasteiger partial charge in [-0.1, -0.05) is 0 Å². The summed E-state index contributed by atoms with van der Waals surface area (Å²) in [7, 11) is 0. The molecule has 7 heteroatoms. The first-order chi connectivity index (χ1) is 4.42. The predicted molar refractivity (Wildman–Crippen MR) is 22.3 cm³/mol. The van der Waals surface area contributed by atoms with Crippen LogP contribution in [-0.2, 0) is 4.79 Å². The second-order valence-electron chi connectivity index (χ2n) is 1.27. The van der Waals surface area contributed by atoms with E-state index < -0.39 is 17.9 Å². The number of aliphatic carboxylic acids is 1. The van der Waals surface area contributed by atoms with Gasteiger partial charge in [-0.2, -0.15) is 8.78 Å². The van der Waals surface area contributed by atoms with Crippen LogP contribution in [0.25, 0.3) is 5.53 Å². The smallest absolute Gasteiger partial charge is 0.476 e. The fraction of sp³-hybridized carbons (Fsp3) is 0.333. The van der Waals surface area contributed by atoms with Crippen molar-refractivity contribution in [2.75, 3.05) is 0 Å². The lowest BCUT2D eigenvalue weighted by atomic mass is 10.4. The van der Waals surface area contributed by atoms with Crippen molar-refractivity contribution >= 4 is 11.9 Å². The van der Waals surface area contributed by atoms with E-state index in [4.69, 9.17) is 10.6 Å². The highest BCUT2D eigenvalue weighted by Gasteiger charge is 2.53. The lowest BCUT2D eigenvalue weighted by Gasteiger charge is -1.97. The van der Waals surface area contributed by atoms with E-state index in [1.54, 1.807) is 0 Å². The van der Waals surface area contributed by atoms with Crippen molar-refractivity contribution in [1.82, 2.24) is 0 Å². The third-order valence-electron chi connectivity index (χ3n) is 0.615. The molecule has 0 fully saturated rings. The van der Waals surface area contributed by atoms with Gasteiger partial charge in [0.05, 0.1) is 0 Å². The Bertz CT molecular complexity index is 208. The van der Waals surface area contributed by atoms with Gasteiger partial charge in [0, 0.05) is 0 Å². The summed E-state index contributed by atoms with van der Waals surface area (Å²) < 4.78 is 34.9. The summed E-state index contributed by atoms with van der Waals surface area (Å²) >= 11 is 0. The topological polar surface area (TPSA) is 73.7 Å². The summed E-state index contributed by atoms with van der Waals surface area (Å²) in [5.74, 6) is -10.1. The van der Waals surface area contributed by atoms with Gasteiger partial charge in [0.2, 0.25) is 0 Å². The summed E-state index contributed by atoms with van der Waals surface area (Å²) in [4.78, 5) is 10.8. The van der Waals surface area contributed by atoms with Crippen LogP contribution in [0, 0.1) is 0 Å². The van der Waals surface area contributed by atoms with Crippen LogP contribution in [0.1, 0.15) is 0 Å². The first-order valence-electron chi connectivity index (χ1n) is 1.92. The van der Waals surface area contributed by atoms with Gasteiger partial charge in [-0.05, 0) is 0 Å². The average Bonchev–Trinajstić information content (AvgIpc) is 1.86. The Labute approximate surface area is 52.5 Å². The van der Waals surface area contributed by atoms with E-state index in [1.807, 2.05) is 0 Å². The van der Waals surface area contributed by atoms with Crippen molar-refractivity contribution in [3.8, 4) is 0 Å². The lowest BCUT2D eigenvalue weighted by molar-refractivity contribution is -0.162. The standard InChI is InChI=1S/C3HF3N2O2/c4-1(8-7)3(5,6)2(9)10/h(H,9,10). The second kappa shape index (κ2) is 2.49. The molecule has 1 N–H and O–H groups in total. The fourth-order valence-electron chi connectivity index (χ4n) is 0.151. The van der Waals surface area contributed by atoms with Crippen LogP contribution in [0.2, 0.25) is 0 Å². The number of hydrogen-bond donors (Lipinski definition) is 1. The van der Waals surface area contributed by atoms with Crippen LogP contribution in [0.4, 0.5) is 13.2 Å². The summed E-state index contributed by atoms with van der Waals surface area (Å²) in [5.41, 5.74) is 7.39. The quantitative estimate of drug-likeness (QED) is 0.353. The first-order valence-corrected chi connectivity index (χ1v) is 1.92. The third kappa shape index (κ3) is 1.32. The zero-order valence-corrected chi connectivity index (χ0v) is 4.38. The van der Waals surface area contributed by atoms with Gasteiger partial charge in [0.1, 0.15) is 0 Å².